The molecular formula is C15H19N3O3. The van der Waals surface area contributed by atoms with E-state index in [1.807, 2.05) is 13.0 Å². The smallest absolute Gasteiger partial charge is 0.338 e. The van der Waals surface area contributed by atoms with Crippen molar-refractivity contribution in [2.45, 2.75) is 26.8 Å². The van der Waals surface area contributed by atoms with Crippen LogP contribution in [0.1, 0.15) is 32.4 Å². The Morgan fingerprint density at radius 1 is 1.48 bits per heavy atom. The molecule has 1 N–H and O–H groups in total. The van der Waals surface area contributed by atoms with Crippen molar-refractivity contribution < 1.29 is 14.3 Å². The van der Waals surface area contributed by atoms with E-state index in [4.69, 9.17) is 4.74 Å². The molecule has 1 aliphatic heterocycles. The van der Waals surface area contributed by atoms with Crippen molar-refractivity contribution in [1.82, 2.24) is 15.2 Å². The zero-order chi connectivity index (χ0) is 15.4. The lowest BCUT2D eigenvalue weighted by Gasteiger charge is -2.34. The van der Waals surface area contributed by atoms with Crippen LogP contribution >= 0.6 is 0 Å². The molecule has 6 nitrogen and oxygen atoms in total. The Labute approximate surface area is 123 Å². The summed E-state index contributed by atoms with van der Waals surface area (Å²) in [5.74, 6) is -0.415. The van der Waals surface area contributed by atoms with E-state index < -0.39 is 12.0 Å². The largest absolute Gasteiger partial charge is 0.463 e. The van der Waals surface area contributed by atoms with Gasteiger partial charge in [0.15, 0.2) is 0 Å². The minimum absolute atomic E-state index is 0.225. The number of nitrogens with zero attached hydrogens (tertiary/aromatic N) is 2. The third kappa shape index (κ3) is 2.89. The summed E-state index contributed by atoms with van der Waals surface area (Å²) >= 11 is 0. The molecule has 1 atom stereocenters. The van der Waals surface area contributed by atoms with Crippen molar-refractivity contribution >= 4 is 12.0 Å². The molecule has 6 heteroatoms. The number of esters is 1. The SMILES string of the molecule is CCOC(=O)C1=C(C)N(CC)C(=O)NC1c1cccnc1. The van der Waals surface area contributed by atoms with Crippen molar-refractivity contribution in [3.8, 4) is 0 Å². The predicted molar refractivity (Wildman–Crippen MR) is 77.2 cm³/mol. The Balaban J connectivity index is 2.50. The van der Waals surface area contributed by atoms with Crippen LogP contribution in [0.15, 0.2) is 35.8 Å². The molecule has 2 amide bonds. The number of allylic oxidation sites excluding steroid dienone is 1. The predicted octanol–water partition coefficient (Wildman–Crippen LogP) is 2.00. The summed E-state index contributed by atoms with van der Waals surface area (Å²) in [7, 11) is 0. The van der Waals surface area contributed by atoms with Gasteiger partial charge in [-0.2, -0.15) is 0 Å². The number of carbonyl (C=O) groups is 2. The van der Waals surface area contributed by atoms with Gasteiger partial charge in [0.25, 0.3) is 0 Å². The van der Waals surface area contributed by atoms with E-state index in [1.54, 1.807) is 32.3 Å². The lowest BCUT2D eigenvalue weighted by molar-refractivity contribution is -0.139. The van der Waals surface area contributed by atoms with E-state index in [0.717, 1.165) is 5.56 Å². The average molecular weight is 289 g/mol. The van der Waals surface area contributed by atoms with Crippen molar-refractivity contribution in [1.29, 1.82) is 0 Å². The Bertz CT molecular complexity index is 569. The van der Waals surface area contributed by atoms with Crippen LogP contribution < -0.4 is 5.32 Å². The van der Waals surface area contributed by atoms with Crippen molar-refractivity contribution in [2.75, 3.05) is 13.2 Å². The second-order valence-corrected chi connectivity index (χ2v) is 4.63. The summed E-state index contributed by atoms with van der Waals surface area (Å²) in [5.41, 5.74) is 1.82. The number of ether oxygens (including phenoxy) is 1. The van der Waals surface area contributed by atoms with Gasteiger partial charge in [0.1, 0.15) is 0 Å². The molecule has 0 aromatic carbocycles. The van der Waals surface area contributed by atoms with Crippen LogP contribution in [-0.4, -0.2) is 35.0 Å². The minimum atomic E-state index is -0.534. The fraction of sp³-hybridized carbons (Fsp3) is 0.400. The molecule has 1 aromatic heterocycles. The van der Waals surface area contributed by atoms with Gasteiger partial charge < -0.3 is 10.1 Å². The normalized spacial score (nSPS) is 18.5. The lowest BCUT2D eigenvalue weighted by atomic mass is 9.96. The Morgan fingerprint density at radius 2 is 2.24 bits per heavy atom. The van der Waals surface area contributed by atoms with E-state index in [9.17, 15) is 9.59 Å². The van der Waals surface area contributed by atoms with Gasteiger partial charge in [0.2, 0.25) is 0 Å². The van der Waals surface area contributed by atoms with Crippen LogP contribution in [0.25, 0.3) is 0 Å². The van der Waals surface area contributed by atoms with Crippen LogP contribution in [0, 0.1) is 0 Å². The summed E-state index contributed by atoms with van der Waals surface area (Å²) in [6, 6.07) is 2.84. The van der Waals surface area contributed by atoms with Gasteiger partial charge in [-0.15, -0.1) is 0 Å². The quantitative estimate of drug-likeness (QED) is 0.861. The summed E-state index contributed by atoms with van der Waals surface area (Å²) in [4.78, 5) is 30.0. The molecule has 112 valence electrons. The molecule has 1 aromatic rings. The average Bonchev–Trinajstić information content (AvgIpc) is 2.48. The number of rotatable bonds is 4. The van der Waals surface area contributed by atoms with E-state index in [-0.39, 0.29) is 12.6 Å². The molecule has 0 saturated heterocycles. The highest BCUT2D eigenvalue weighted by molar-refractivity contribution is 5.95. The number of aromatic nitrogens is 1. The standard InChI is InChI=1S/C15H19N3O3/c1-4-18-10(3)12(14(19)21-5-2)13(17-15(18)20)11-7-6-8-16-9-11/h6-9,13H,4-5H2,1-3H3,(H,17,20). The van der Waals surface area contributed by atoms with Crippen molar-refractivity contribution in [2.24, 2.45) is 0 Å². The monoisotopic (exact) mass is 289 g/mol. The van der Waals surface area contributed by atoms with Gasteiger partial charge in [-0.3, -0.25) is 9.88 Å². The number of nitrogens with one attached hydrogen (secondary N) is 1. The third-order valence-corrected chi connectivity index (χ3v) is 3.43. The highest BCUT2D eigenvalue weighted by atomic mass is 16.5. The summed E-state index contributed by atoms with van der Waals surface area (Å²) in [6.07, 6.45) is 3.28. The van der Waals surface area contributed by atoms with Gasteiger partial charge in [-0.25, -0.2) is 9.59 Å². The number of pyridine rings is 1. The van der Waals surface area contributed by atoms with Gasteiger partial charge in [0, 0.05) is 24.6 Å². The van der Waals surface area contributed by atoms with Gasteiger partial charge in [-0.05, 0) is 32.4 Å². The highest BCUT2D eigenvalue weighted by Gasteiger charge is 2.35. The van der Waals surface area contributed by atoms with Gasteiger partial charge >= 0.3 is 12.0 Å². The molecule has 0 fully saturated rings. The Morgan fingerprint density at radius 3 is 2.81 bits per heavy atom. The van der Waals surface area contributed by atoms with Crippen molar-refractivity contribution in [3.05, 3.63) is 41.4 Å². The van der Waals surface area contributed by atoms with Crippen LogP contribution in [0.5, 0.6) is 0 Å². The molecule has 1 unspecified atom stereocenters. The number of amides is 2. The summed E-state index contributed by atoms with van der Waals surface area (Å²) in [5, 5.41) is 2.84. The Kier molecular flexibility index (Phi) is 4.57. The number of urea groups is 1. The Hall–Kier alpha value is -2.37. The molecule has 0 radical (unpaired) electrons. The first-order valence-corrected chi connectivity index (χ1v) is 6.96. The fourth-order valence-corrected chi connectivity index (χ4v) is 2.43. The zero-order valence-electron chi connectivity index (χ0n) is 12.4. The number of hydrogen-bond acceptors (Lipinski definition) is 4. The molecule has 1 aliphatic rings. The molecular weight excluding hydrogens is 270 g/mol. The van der Waals surface area contributed by atoms with E-state index in [1.165, 1.54) is 4.90 Å². The summed E-state index contributed by atoms with van der Waals surface area (Å²) < 4.78 is 5.14. The van der Waals surface area contributed by atoms with Crippen LogP contribution in [0.2, 0.25) is 0 Å². The first-order chi connectivity index (χ1) is 10.1. The molecule has 0 spiro atoms. The maximum atomic E-state index is 12.3. The van der Waals surface area contributed by atoms with Gasteiger partial charge in [-0.1, -0.05) is 6.07 Å². The first kappa shape index (κ1) is 15.0. The minimum Gasteiger partial charge on any atom is -0.463 e. The molecule has 0 aliphatic carbocycles. The molecule has 21 heavy (non-hydrogen) atoms. The van der Waals surface area contributed by atoms with Crippen molar-refractivity contribution in [3.63, 3.8) is 0 Å². The molecule has 2 rings (SSSR count). The highest BCUT2D eigenvalue weighted by Crippen LogP contribution is 2.30. The maximum absolute atomic E-state index is 12.3. The second kappa shape index (κ2) is 6.39. The molecule has 0 saturated carbocycles. The fourth-order valence-electron chi connectivity index (χ4n) is 2.43. The first-order valence-electron chi connectivity index (χ1n) is 6.96. The number of hydrogen-bond donors (Lipinski definition) is 1. The van der Waals surface area contributed by atoms with E-state index in [0.29, 0.717) is 17.8 Å². The van der Waals surface area contributed by atoms with E-state index >= 15 is 0 Å². The molecule has 2 heterocycles. The number of carbonyl (C=O) groups excluding carboxylic acids is 2. The van der Waals surface area contributed by atoms with Crippen LogP contribution in [0.3, 0.4) is 0 Å². The maximum Gasteiger partial charge on any atom is 0.338 e. The zero-order valence-corrected chi connectivity index (χ0v) is 12.4. The second-order valence-electron chi connectivity index (χ2n) is 4.63. The topological polar surface area (TPSA) is 71.5 Å². The van der Waals surface area contributed by atoms with Crippen LogP contribution in [0.4, 0.5) is 4.79 Å². The summed E-state index contributed by atoms with van der Waals surface area (Å²) in [6.45, 7) is 6.15. The van der Waals surface area contributed by atoms with E-state index in [2.05, 4.69) is 10.3 Å². The third-order valence-electron chi connectivity index (χ3n) is 3.43. The van der Waals surface area contributed by atoms with Crippen LogP contribution in [-0.2, 0) is 9.53 Å². The lowest BCUT2D eigenvalue weighted by Crippen LogP contribution is -2.47. The molecule has 0 bridgehead atoms. The van der Waals surface area contributed by atoms with Gasteiger partial charge in [0.05, 0.1) is 18.2 Å².